The quantitative estimate of drug-likeness (QED) is 0.451. The second-order valence-corrected chi connectivity index (χ2v) is 6.21. The van der Waals surface area contributed by atoms with E-state index in [-0.39, 0.29) is 21.0 Å². The van der Waals surface area contributed by atoms with Gasteiger partial charge in [0.25, 0.3) is 5.56 Å². The van der Waals surface area contributed by atoms with Gasteiger partial charge in [-0.25, -0.2) is 13.8 Å². The molecule has 0 unspecified atom stereocenters. The summed E-state index contributed by atoms with van der Waals surface area (Å²) < 4.78 is 81.1. The van der Waals surface area contributed by atoms with Crippen LogP contribution in [0.5, 0.6) is 5.75 Å². The Balaban J connectivity index is 2.13. The van der Waals surface area contributed by atoms with Crippen LogP contribution < -0.4 is 10.3 Å². The van der Waals surface area contributed by atoms with Crippen LogP contribution >= 0.6 is 11.6 Å². The highest BCUT2D eigenvalue weighted by atomic mass is 35.5. The number of aromatic nitrogens is 3. The molecule has 0 amide bonds. The van der Waals surface area contributed by atoms with Gasteiger partial charge in [0.2, 0.25) is 0 Å². The minimum absolute atomic E-state index is 0.152. The standard InChI is InChI=1S/C18H11ClF5N3O2/c1-9-6-26-16(19)5-14(9)27-15(18(22,23)24)3-11(4-17(27)28)29-8-13-12(21)2-10(20)7-25-13/h2-7H,8H2,1H3/i3D. The lowest BCUT2D eigenvalue weighted by Crippen LogP contribution is -2.27. The average Bonchev–Trinajstić information content (AvgIpc) is 2.64. The van der Waals surface area contributed by atoms with Crippen LogP contribution in [0.3, 0.4) is 0 Å². The fourth-order valence-electron chi connectivity index (χ4n) is 2.43. The summed E-state index contributed by atoms with van der Waals surface area (Å²) in [6.07, 6.45) is -3.24. The highest BCUT2D eigenvalue weighted by molar-refractivity contribution is 6.29. The smallest absolute Gasteiger partial charge is 0.432 e. The summed E-state index contributed by atoms with van der Waals surface area (Å²) in [6, 6.07) is 1.08. The number of nitrogens with zero attached hydrogens (tertiary/aromatic N) is 3. The fraction of sp³-hybridized carbons (Fsp3) is 0.167. The summed E-state index contributed by atoms with van der Waals surface area (Å²) in [5.41, 5.74) is -3.18. The van der Waals surface area contributed by atoms with Gasteiger partial charge in [0.15, 0.2) is 5.82 Å². The summed E-state index contributed by atoms with van der Waals surface area (Å²) >= 11 is 5.75. The first-order valence-corrected chi connectivity index (χ1v) is 8.26. The number of ether oxygens (including phenoxy) is 1. The molecule has 0 saturated carbocycles. The van der Waals surface area contributed by atoms with Crippen LogP contribution in [0.25, 0.3) is 5.69 Å². The van der Waals surface area contributed by atoms with Crippen LogP contribution in [0.4, 0.5) is 22.0 Å². The Morgan fingerprint density at radius 3 is 2.59 bits per heavy atom. The van der Waals surface area contributed by atoms with E-state index in [9.17, 15) is 26.7 Å². The maximum atomic E-state index is 13.8. The number of aryl methyl sites for hydroxylation is 1. The molecule has 0 radical (unpaired) electrons. The lowest BCUT2D eigenvalue weighted by molar-refractivity contribution is -0.143. The lowest BCUT2D eigenvalue weighted by Gasteiger charge is -2.18. The van der Waals surface area contributed by atoms with Crippen molar-refractivity contribution in [3.05, 3.63) is 80.7 Å². The molecule has 0 aliphatic heterocycles. The third-order valence-electron chi connectivity index (χ3n) is 3.74. The Kier molecular flexibility index (Phi) is 5.18. The molecule has 0 aromatic carbocycles. The molecule has 3 heterocycles. The average molecular weight is 433 g/mol. The largest absolute Gasteiger partial charge is 0.487 e. The van der Waals surface area contributed by atoms with Crippen LogP contribution in [0.1, 0.15) is 18.3 Å². The van der Waals surface area contributed by atoms with Gasteiger partial charge in [0.1, 0.15) is 34.7 Å². The molecular formula is C18H11ClF5N3O2. The molecule has 0 bridgehead atoms. The van der Waals surface area contributed by atoms with Gasteiger partial charge in [0.05, 0.1) is 13.3 Å². The molecular weight excluding hydrogens is 421 g/mol. The third-order valence-corrected chi connectivity index (χ3v) is 3.95. The van der Waals surface area contributed by atoms with Crippen molar-refractivity contribution in [3.63, 3.8) is 0 Å². The first kappa shape index (κ1) is 19.3. The van der Waals surface area contributed by atoms with E-state index < -0.39 is 53.2 Å². The Labute approximate surface area is 166 Å². The summed E-state index contributed by atoms with van der Waals surface area (Å²) in [5.74, 6) is -2.79. The summed E-state index contributed by atoms with van der Waals surface area (Å²) in [7, 11) is 0. The van der Waals surface area contributed by atoms with E-state index >= 15 is 0 Å². The van der Waals surface area contributed by atoms with Crippen LogP contribution in [0.2, 0.25) is 5.15 Å². The first-order chi connectivity index (χ1) is 14.0. The molecule has 3 rings (SSSR count). The van der Waals surface area contributed by atoms with E-state index in [2.05, 4.69) is 9.97 Å². The monoisotopic (exact) mass is 432 g/mol. The normalized spacial score (nSPS) is 12.0. The Morgan fingerprint density at radius 1 is 1.21 bits per heavy atom. The maximum Gasteiger partial charge on any atom is 0.432 e. The zero-order valence-corrected chi connectivity index (χ0v) is 15.3. The molecule has 3 aromatic heterocycles. The number of rotatable bonds is 4. The van der Waals surface area contributed by atoms with Crippen molar-refractivity contribution in [2.45, 2.75) is 19.7 Å². The Morgan fingerprint density at radius 2 is 1.93 bits per heavy atom. The van der Waals surface area contributed by atoms with Crippen LogP contribution in [-0.4, -0.2) is 14.5 Å². The predicted molar refractivity (Wildman–Crippen MR) is 93.1 cm³/mol. The van der Waals surface area contributed by atoms with Gasteiger partial charge in [-0.2, -0.15) is 13.2 Å². The SMILES string of the molecule is [2H]c1c(OCc2ncc(F)cc2F)cc(=O)n(-c2cc(Cl)ncc2C)c1C(F)(F)F. The zero-order valence-electron chi connectivity index (χ0n) is 15.5. The molecule has 29 heavy (non-hydrogen) atoms. The van der Waals surface area contributed by atoms with E-state index in [0.717, 1.165) is 6.07 Å². The van der Waals surface area contributed by atoms with E-state index in [4.69, 9.17) is 17.7 Å². The van der Waals surface area contributed by atoms with Gasteiger partial charge in [-0.05, 0) is 18.6 Å². The summed E-state index contributed by atoms with van der Waals surface area (Å²) in [6.45, 7) is 0.696. The second kappa shape index (κ2) is 7.78. The van der Waals surface area contributed by atoms with E-state index in [1.54, 1.807) is 0 Å². The number of hydrogen-bond donors (Lipinski definition) is 0. The fourth-order valence-corrected chi connectivity index (χ4v) is 2.59. The lowest BCUT2D eigenvalue weighted by atomic mass is 10.2. The van der Waals surface area contributed by atoms with Gasteiger partial charge in [0, 0.05) is 24.4 Å². The van der Waals surface area contributed by atoms with Crippen LogP contribution in [0.15, 0.2) is 41.4 Å². The molecule has 0 saturated heterocycles. The highest BCUT2D eigenvalue weighted by Crippen LogP contribution is 2.33. The third kappa shape index (κ3) is 4.53. The number of halogens is 6. The van der Waals surface area contributed by atoms with Crippen LogP contribution in [0, 0.1) is 18.6 Å². The van der Waals surface area contributed by atoms with Gasteiger partial charge in [-0.1, -0.05) is 11.6 Å². The van der Waals surface area contributed by atoms with E-state index in [1.165, 1.54) is 13.1 Å². The summed E-state index contributed by atoms with van der Waals surface area (Å²) in [4.78, 5) is 19.7. The van der Waals surface area contributed by atoms with Gasteiger partial charge < -0.3 is 4.74 Å². The van der Waals surface area contributed by atoms with Gasteiger partial charge in [-0.15, -0.1) is 0 Å². The maximum absolute atomic E-state index is 13.8. The van der Waals surface area contributed by atoms with Crippen molar-refractivity contribution in [3.8, 4) is 11.4 Å². The molecule has 0 fully saturated rings. The van der Waals surface area contributed by atoms with Crippen LogP contribution in [-0.2, 0) is 12.8 Å². The van der Waals surface area contributed by atoms with Crippen molar-refractivity contribution >= 4 is 11.6 Å². The summed E-state index contributed by atoms with van der Waals surface area (Å²) in [5, 5.41) is -0.152. The molecule has 0 atom stereocenters. The molecule has 0 N–H and O–H groups in total. The minimum atomic E-state index is -5.11. The van der Waals surface area contributed by atoms with Gasteiger partial charge in [-0.3, -0.25) is 14.3 Å². The zero-order chi connectivity index (χ0) is 22.2. The van der Waals surface area contributed by atoms with Crippen molar-refractivity contribution in [2.75, 3.05) is 0 Å². The van der Waals surface area contributed by atoms with E-state index in [1.807, 2.05) is 0 Å². The highest BCUT2D eigenvalue weighted by Gasteiger charge is 2.36. The van der Waals surface area contributed by atoms with Gasteiger partial charge >= 0.3 is 6.18 Å². The molecule has 152 valence electrons. The minimum Gasteiger partial charge on any atom is -0.487 e. The molecule has 5 nitrogen and oxygen atoms in total. The Hall–Kier alpha value is -3.01. The van der Waals surface area contributed by atoms with Crippen molar-refractivity contribution in [1.29, 1.82) is 0 Å². The van der Waals surface area contributed by atoms with E-state index in [0.29, 0.717) is 18.3 Å². The number of pyridine rings is 3. The van der Waals surface area contributed by atoms with Crippen molar-refractivity contribution < 1.29 is 28.1 Å². The topological polar surface area (TPSA) is 57.0 Å². The predicted octanol–water partition coefficient (Wildman–Crippen LogP) is 4.47. The number of hydrogen-bond acceptors (Lipinski definition) is 4. The second-order valence-electron chi connectivity index (χ2n) is 5.82. The molecule has 0 aliphatic rings. The first-order valence-electron chi connectivity index (χ1n) is 8.38. The van der Waals surface area contributed by atoms with Crippen molar-refractivity contribution in [1.82, 2.24) is 14.5 Å². The van der Waals surface area contributed by atoms with Crippen molar-refractivity contribution in [2.24, 2.45) is 0 Å². The molecule has 0 aliphatic carbocycles. The Bertz CT molecular complexity index is 1180. The number of alkyl halides is 3. The molecule has 0 spiro atoms. The molecule has 3 aromatic rings. The molecule has 11 heteroatoms.